The van der Waals surface area contributed by atoms with Crippen LogP contribution in [0.15, 0.2) is 52.1 Å². The van der Waals surface area contributed by atoms with Gasteiger partial charge < -0.3 is 14.8 Å². The minimum absolute atomic E-state index is 0.0411. The first-order chi connectivity index (χ1) is 15.3. The van der Waals surface area contributed by atoms with Crippen LogP contribution in [0.3, 0.4) is 0 Å². The average molecular weight is 438 g/mol. The number of rotatable bonds is 8. The smallest absolute Gasteiger partial charge is 0.352 e. The van der Waals surface area contributed by atoms with Gasteiger partial charge in [-0.05, 0) is 54.8 Å². The number of carbonyl (C=O) groups is 1. The molecule has 0 saturated heterocycles. The predicted molar refractivity (Wildman–Crippen MR) is 120 cm³/mol. The van der Waals surface area contributed by atoms with E-state index in [-0.39, 0.29) is 25.4 Å². The van der Waals surface area contributed by atoms with Gasteiger partial charge in [-0.3, -0.25) is 14.2 Å². The van der Waals surface area contributed by atoms with E-state index in [4.69, 9.17) is 9.47 Å². The van der Waals surface area contributed by atoms with Gasteiger partial charge in [0.05, 0.1) is 25.9 Å². The number of carbonyl (C=O) groups excluding carboxylic acids is 1. The number of methoxy groups -OCH3 is 2. The molecule has 1 amide bonds. The quantitative estimate of drug-likeness (QED) is 0.534. The highest BCUT2D eigenvalue weighted by atomic mass is 16.5. The summed E-state index contributed by atoms with van der Waals surface area (Å²) in [6.07, 6.45) is 0. The lowest BCUT2D eigenvalue weighted by Crippen LogP contribution is -2.46. The lowest BCUT2D eigenvalue weighted by Gasteiger charge is -2.13. The van der Waals surface area contributed by atoms with E-state index in [9.17, 15) is 14.4 Å². The average Bonchev–Trinajstić information content (AvgIpc) is 2.79. The van der Waals surface area contributed by atoms with Crippen LogP contribution < -0.4 is 21.3 Å². The van der Waals surface area contributed by atoms with Crippen molar-refractivity contribution in [2.75, 3.05) is 27.4 Å². The van der Waals surface area contributed by atoms with Crippen LogP contribution in [0.4, 0.5) is 0 Å². The van der Waals surface area contributed by atoms with Crippen molar-refractivity contribution >= 4 is 5.91 Å². The Kier molecular flexibility index (Phi) is 7.21. The summed E-state index contributed by atoms with van der Waals surface area (Å²) >= 11 is 0. The lowest BCUT2D eigenvalue weighted by atomic mass is 10.1. The number of benzene rings is 2. The third-order valence-corrected chi connectivity index (χ3v) is 5.08. The van der Waals surface area contributed by atoms with Gasteiger partial charge in [0.25, 0.3) is 11.5 Å². The van der Waals surface area contributed by atoms with E-state index in [1.807, 2.05) is 19.9 Å². The Morgan fingerprint density at radius 2 is 1.84 bits per heavy atom. The highest BCUT2D eigenvalue weighted by molar-refractivity contribution is 5.91. The molecule has 3 aromatic rings. The van der Waals surface area contributed by atoms with Crippen molar-refractivity contribution in [1.29, 1.82) is 0 Å². The predicted octanol–water partition coefficient (Wildman–Crippen LogP) is 1.44. The van der Waals surface area contributed by atoms with Crippen LogP contribution in [0, 0.1) is 13.8 Å². The SMILES string of the molecule is COCCNC(=O)c1nn(-c2ccc(C)c(C)c2)c(=O)n(Cc2cccc(OC)c2)c1=O. The molecule has 0 aliphatic rings. The van der Waals surface area contributed by atoms with Crippen molar-refractivity contribution in [3.05, 3.63) is 85.7 Å². The Morgan fingerprint density at radius 1 is 1.06 bits per heavy atom. The van der Waals surface area contributed by atoms with E-state index in [0.717, 1.165) is 20.4 Å². The number of nitrogens with one attached hydrogen (secondary N) is 1. The monoisotopic (exact) mass is 438 g/mol. The van der Waals surface area contributed by atoms with E-state index in [0.29, 0.717) is 17.0 Å². The molecule has 0 unspecified atom stereocenters. The fraction of sp³-hybridized carbons (Fsp3) is 0.304. The van der Waals surface area contributed by atoms with Gasteiger partial charge in [-0.1, -0.05) is 18.2 Å². The molecule has 0 spiro atoms. The van der Waals surface area contributed by atoms with E-state index in [2.05, 4.69) is 10.4 Å². The van der Waals surface area contributed by atoms with Gasteiger partial charge in [-0.2, -0.15) is 9.78 Å². The summed E-state index contributed by atoms with van der Waals surface area (Å²) < 4.78 is 12.2. The summed E-state index contributed by atoms with van der Waals surface area (Å²) in [6, 6.07) is 12.4. The van der Waals surface area contributed by atoms with E-state index in [1.54, 1.807) is 36.4 Å². The largest absolute Gasteiger partial charge is 0.497 e. The normalized spacial score (nSPS) is 10.8. The third-order valence-electron chi connectivity index (χ3n) is 5.08. The number of aromatic nitrogens is 3. The fourth-order valence-corrected chi connectivity index (χ4v) is 3.13. The minimum Gasteiger partial charge on any atom is -0.497 e. The number of nitrogens with zero attached hydrogens (tertiary/aromatic N) is 3. The number of amides is 1. The molecule has 0 bridgehead atoms. The van der Waals surface area contributed by atoms with Gasteiger partial charge in [0, 0.05) is 13.7 Å². The maximum Gasteiger partial charge on any atom is 0.352 e. The Morgan fingerprint density at radius 3 is 2.53 bits per heavy atom. The Hall–Kier alpha value is -3.72. The first-order valence-corrected chi connectivity index (χ1v) is 10.1. The number of hydrogen-bond acceptors (Lipinski definition) is 6. The van der Waals surface area contributed by atoms with Gasteiger partial charge in [0.1, 0.15) is 5.75 Å². The molecule has 0 aliphatic heterocycles. The molecule has 32 heavy (non-hydrogen) atoms. The van der Waals surface area contributed by atoms with Gasteiger partial charge in [-0.25, -0.2) is 4.79 Å². The first-order valence-electron chi connectivity index (χ1n) is 10.1. The third kappa shape index (κ3) is 4.94. The van der Waals surface area contributed by atoms with Crippen LogP contribution in [-0.4, -0.2) is 47.6 Å². The molecule has 1 aromatic heterocycles. The molecule has 0 atom stereocenters. The molecule has 0 aliphatic carbocycles. The zero-order valence-corrected chi connectivity index (χ0v) is 18.5. The Labute approximate surface area is 185 Å². The first kappa shape index (κ1) is 23.0. The fourth-order valence-electron chi connectivity index (χ4n) is 3.13. The molecule has 3 rings (SSSR count). The van der Waals surface area contributed by atoms with Gasteiger partial charge >= 0.3 is 5.69 Å². The molecular weight excluding hydrogens is 412 g/mol. The van der Waals surface area contributed by atoms with Crippen LogP contribution in [0.1, 0.15) is 27.2 Å². The summed E-state index contributed by atoms with van der Waals surface area (Å²) in [7, 11) is 3.04. The second-order valence-corrected chi connectivity index (χ2v) is 7.30. The summed E-state index contributed by atoms with van der Waals surface area (Å²) in [5, 5.41) is 6.71. The van der Waals surface area contributed by atoms with Crippen LogP contribution in [-0.2, 0) is 11.3 Å². The standard InChI is InChI=1S/C23H26N4O5/c1-15-8-9-18(12-16(15)2)27-23(30)26(14-17-6-5-7-19(13-17)32-4)22(29)20(25-27)21(28)24-10-11-31-3/h5-9,12-13H,10-11,14H2,1-4H3,(H,24,28). The molecule has 9 nitrogen and oxygen atoms in total. The Bertz CT molecular complexity index is 1250. The highest BCUT2D eigenvalue weighted by Gasteiger charge is 2.20. The van der Waals surface area contributed by atoms with Crippen molar-refractivity contribution in [1.82, 2.24) is 19.7 Å². The van der Waals surface area contributed by atoms with Crippen LogP contribution in [0.25, 0.3) is 5.69 Å². The van der Waals surface area contributed by atoms with E-state index >= 15 is 0 Å². The molecular formula is C23H26N4O5. The Balaban J connectivity index is 2.16. The molecule has 0 saturated carbocycles. The van der Waals surface area contributed by atoms with Crippen molar-refractivity contribution in [2.45, 2.75) is 20.4 Å². The maximum absolute atomic E-state index is 13.3. The minimum atomic E-state index is -0.771. The topological polar surface area (TPSA) is 104 Å². The zero-order valence-electron chi connectivity index (χ0n) is 18.5. The molecule has 1 N–H and O–H groups in total. The molecule has 168 valence electrons. The number of aryl methyl sites for hydroxylation is 2. The molecule has 2 aromatic carbocycles. The molecule has 0 fully saturated rings. The summed E-state index contributed by atoms with van der Waals surface area (Å²) in [5.41, 5.74) is 1.34. The van der Waals surface area contributed by atoms with Crippen molar-refractivity contribution in [3.63, 3.8) is 0 Å². The molecule has 1 heterocycles. The van der Waals surface area contributed by atoms with Crippen LogP contribution in [0.5, 0.6) is 5.75 Å². The second kappa shape index (κ2) is 10.1. The van der Waals surface area contributed by atoms with Gasteiger partial charge in [0.2, 0.25) is 5.69 Å². The zero-order chi connectivity index (χ0) is 23.3. The number of hydrogen-bond donors (Lipinski definition) is 1. The summed E-state index contributed by atoms with van der Waals surface area (Å²) in [5.74, 6) is -0.0827. The van der Waals surface area contributed by atoms with E-state index < -0.39 is 17.2 Å². The van der Waals surface area contributed by atoms with Crippen molar-refractivity contribution in [3.8, 4) is 11.4 Å². The van der Waals surface area contributed by atoms with Gasteiger partial charge in [0.15, 0.2) is 0 Å². The molecule has 0 radical (unpaired) electrons. The van der Waals surface area contributed by atoms with E-state index in [1.165, 1.54) is 14.2 Å². The van der Waals surface area contributed by atoms with Gasteiger partial charge in [-0.15, -0.1) is 0 Å². The van der Waals surface area contributed by atoms with Crippen LogP contribution in [0.2, 0.25) is 0 Å². The molecule has 9 heteroatoms. The summed E-state index contributed by atoms with van der Waals surface area (Å²) in [4.78, 5) is 39.0. The maximum atomic E-state index is 13.3. The number of ether oxygens (including phenoxy) is 2. The van der Waals surface area contributed by atoms with Crippen LogP contribution >= 0.6 is 0 Å². The van der Waals surface area contributed by atoms with Crippen molar-refractivity contribution in [2.24, 2.45) is 0 Å². The summed E-state index contributed by atoms with van der Waals surface area (Å²) in [6.45, 7) is 4.30. The highest BCUT2D eigenvalue weighted by Crippen LogP contribution is 2.14. The second-order valence-electron chi connectivity index (χ2n) is 7.30. The van der Waals surface area contributed by atoms with Crippen molar-refractivity contribution < 1.29 is 14.3 Å². The lowest BCUT2D eigenvalue weighted by molar-refractivity contribution is 0.0927.